The molecule has 0 bridgehead atoms. The second-order valence-corrected chi connectivity index (χ2v) is 11.7. The maximum absolute atomic E-state index is 13.8. The first kappa shape index (κ1) is 33.0. The van der Waals surface area contributed by atoms with Crippen molar-refractivity contribution in [2.45, 2.75) is 52.2 Å². The van der Waals surface area contributed by atoms with Gasteiger partial charge in [0.1, 0.15) is 18.7 Å². The van der Waals surface area contributed by atoms with Crippen molar-refractivity contribution in [2.75, 3.05) is 32.0 Å². The normalized spacial score (nSPS) is 14.2. The Kier molecular flexibility index (Phi) is 10.1. The van der Waals surface area contributed by atoms with Crippen molar-refractivity contribution in [3.8, 4) is 28.4 Å². The second-order valence-electron chi connectivity index (χ2n) is 11.7. The number of aryl methyl sites for hydroxylation is 1. The van der Waals surface area contributed by atoms with Gasteiger partial charge in [0, 0.05) is 18.2 Å². The minimum absolute atomic E-state index is 0.158. The number of methoxy groups -OCH3 is 3. The number of rotatable bonds is 11. The first-order valence-electron chi connectivity index (χ1n) is 15.4. The van der Waals surface area contributed by atoms with E-state index in [1.807, 2.05) is 50.2 Å². The second kappa shape index (κ2) is 14.4. The molecule has 1 aliphatic carbocycles. The predicted octanol–water partition coefficient (Wildman–Crippen LogP) is 4.58. The van der Waals surface area contributed by atoms with Crippen molar-refractivity contribution in [3.05, 3.63) is 88.1 Å². The number of amides is 2. The lowest BCUT2D eigenvalue weighted by Crippen LogP contribution is -2.39. The van der Waals surface area contributed by atoms with E-state index in [-0.39, 0.29) is 28.8 Å². The van der Waals surface area contributed by atoms with Crippen molar-refractivity contribution in [1.82, 2.24) is 20.1 Å². The Bertz CT molecular complexity index is 1810. The molecule has 12 nitrogen and oxygen atoms in total. The number of nitrogens with zero attached hydrogens (tertiary/aromatic N) is 3. The van der Waals surface area contributed by atoms with Gasteiger partial charge in [0.15, 0.2) is 11.5 Å². The van der Waals surface area contributed by atoms with Gasteiger partial charge in [0.25, 0.3) is 0 Å². The average Bonchev–Trinajstić information content (AvgIpc) is 3.45. The molecule has 12 heteroatoms. The highest BCUT2D eigenvalue weighted by molar-refractivity contribution is 5.96. The number of fused-ring (bicyclic) bond motifs is 3. The number of aromatic nitrogens is 3. The van der Waals surface area contributed by atoms with Crippen LogP contribution in [0.5, 0.6) is 17.2 Å². The lowest BCUT2D eigenvalue weighted by Gasteiger charge is -2.22. The highest BCUT2D eigenvalue weighted by Crippen LogP contribution is 2.50. The van der Waals surface area contributed by atoms with E-state index in [1.54, 1.807) is 31.3 Å². The third-order valence-corrected chi connectivity index (χ3v) is 8.21. The van der Waals surface area contributed by atoms with Crippen LogP contribution in [0.1, 0.15) is 49.9 Å². The van der Waals surface area contributed by atoms with Gasteiger partial charge in [0.2, 0.25) is 23.0 Å². The van der Waals surface area contributed by atoms with Crippen LogP contribution in [-0.4, -0.2) is 54.0 Å². The van der Waals surface area contributed by atoms with Gasteiger partial charge in [-0.25, -0.2) is 9.67 Å². The third-order valence-electron chi connectivity index (χ3n) is 8.21. The summed E-state index contributed by atoms with van der Waals surface area (Å²) in [6.07, 6.45) is 4.25. The van der Waals surface area contributed by atoms with E-state index in [9.17, 15) is 14.4 Å². The summed E-state index contributed by atoms with van der Waals surface area (Å²) >= 11 is 0. The van der Waals surface area contributed by atoms with Crippen molar-refractivity contribution in [3.63, 3.8) is 0 Å². The van der Waals surface area contributed by atoms with E-state index < -0.39 is 12.1 Å². The van der Waals surface area contributed by atoms with Gasteiger partial charge in [-0.1, -0.05) is 32.0 Å². The molecule has 47 heavy (non-hydrogen) atoms. The molecule has 0 spiro atoms. The number of hydrogen-bond donors (Lipinski definition) is 3. The number of benzene rings is 2. The smallest absolute Gasteiger partial charge is 0.247 e. The van der Waals surface area contributed by atoms with Gasteiger partial charge < -0.3 is 30.2 Å². The molecular formula is C35H40N6O6. The number of carbonyl (C=O) groups is 2. The lowest BCUT2D eigenvalue weighted by atomic mass is 9.95. The van der Waals surface area contributed by atoms with Crippen LogP contribution in [0.15, 0.2) is 66.0 Å². The van der Waals surface area contributed by atoms with Crippen LogP contribution in [0.2, 0.25) is 0 Å². The first-order chi connectivity index (χ1) is 22.6. The summed E-state index contributed by atoms with van der Waals surface area (Å²) in [5.74, 6) is 0.754. The molecule has 0 saturated carbocycles. The zero-order chi connectivity index (χ0) is 33.7. The van der Waals surface area contributed by atoms with Crippen molar-refractivity contribution < 1.29 is 23.8 Å². The predicted molar refractivity (Wildman–Crippen MR) is 179 cm³/mol. The zero-order valence-electron chi connectivity index (χ0n) is 27.4. The van der Waals surface area contributed by atoms with Crippen LogP contribution in [0.4, 0.5) is 11.4 Å². The molecule has 0 unspecified atom stereocenters. The van der Waals surface area contributed by atoms with Crippen LogP contribution in [0.3, 0.4) is 0 Å². The van der Waals surface area contributed by atoms with E-state index in [2.05, 4.69) is 26.0 Å². The molecule has 2 atom stereocenters. The van der Waals surface area contributed by atoms with Crippen LogP contribution in [0.25, 0.3) is 11.1 Å². The highest BCUT2D eigenvalue weighted by atomic mass is 16.5. The molecule has 246 valence electrons. The average molecular weight is 641 g/mol. The Morgan fingerprint density at radius 2 is 1.74 bits per heavy atom. The molecule has 5 rings (SSSR count). The molecule has 0 radical (unpaired) electrons. The standard InChI is InChI=1S/C35H40N6O6/c1-20(2)32(35(44)39-24-10-7-22(8-11-24)17-41-19-36-18-37-41)40-28-14-12-25-26(16-29(28)43)27(38-21(3)42)13-9-23-15-30(45-4)33(46-5)34(47-6)31(23)25/h7-8,10-12,14-16,18-20,27,32H,9,13,17H2,1-6H3,(H,38,42)(H,39,44)(H,40,43)/t27-,32-/m0/s1. The van der Waals surface area contributed by atoms with Gasteiger partial charge in [-0.15, -0.1) is 0 Å². The fourth-order valence-electron chi connectivity index (χ4n) is 5.94. The summed E-state index contributed by atoms with van der Waals surface area (Å²) in [5, 5.41) is 13.3. The molecule has 4 aromatic rings. The van der Waals surface area contributed by atoms with E-state index in [0.717, 1.165) is 16.7 Å². The van der Waals surface area contributed by atoms with Crippen LogP contribution in [0, 0.1) is 5.92 Å². The Hall–Kier alpha value is -5.39. The molecule has 3 N–H and O–H groups in total. The fraction of sp³-hybridized carbons (Fsp3) is 0.343. The monoisotopic (exact) mass is 640 g/mol. The summed E-state index contributed by atoms with van der Waals surface area (Å²) in [5.41, 5.74) is 4.58. The molecule has 3 aromatic carbocycles. The van der Waals surface area contributed by atoms with E-state index in [0.29, 0.717) is 53.4 Å². The highest BCUT2D eigenvalue weighted by Gasteiger charge is 2.30. The molecule has 2 amide bonds. The van der Waals surface area contributed by atoms with Gasteiger partial charge in [-0.2, -0.15) is 5.10 Å². The van der Waals surface area contributed by atoms with Crippen molar-refractivity contribution >= 4 is 23.2 Å². The Labute approximate surface area is 273 Å². The summed E-state index contributed by atoms with van der Waals surface area (Å²) in [4.78, 5) is 43.6. The molecule has 0 fully saturated rings. The van der Waals surface area contributed by atoms with E-state index in [4.69, 9.17) is 14.2 Å². The minimum Gasteiger partial charge on any atom is -0.493 e. The van der Waals surface area contributed by atoms with Crippen LogP contribution in [-0.2, 0) is 22.6 Å². The lowest BCUT2D eigenvalue weighted by molar-refractivity contribution is -0.120. The maximum Gasteiger partial charge on any atom is 0.247 e. The first-order valence-corrected chi connectivity index (χ1v) is 15.4. The Morgan fingerprint density at radius 1 is 1.00 bits per heavy atom. The molecule has 1 aliphatic rings. The fourth-order valence-corrected chi connectivity index (χ4v) is 5.94. The Morgan fingerprint density at radius 3 is 2.36 bits per heavy atom. The van der Waals surface area contributed by atoms with Gasteiger partial charge in [0.05, 0.1) is 39.6 Å². The molecular weight excluding hydrogens is 600 g/mol. The van der Waals surface area contributed by atoms with Gasteiger partial charge in [-0.05, 0) is 71.3 Å². The largest absolute Gasteiger partial charge is 0.493 e. The minimum atomic E-state index is -0.725. The van der Waals surface area contributed by atoms with E-state index in [1.165, 1.54) is 26.4 Å². The van der Waals surface area contributed by atoms with E-state index >= 15 is 0 Å². The molecule has 1 heterocycles. The number of carbonyl (C=O) groups excluding carboxylic acids is 2. The molecule has 0 saturated heterocycles. The van der Waals surface area contributed by atoms with Gasteiger partial charge in [-0.3, -0.25) is 14.4 Å². The van der Waals surface area contributed by atoms with Crippen LogP contribution < -0.4 is 35.6 Å². The maximum atomic E-state index is 13.8. The quantitative estimate of drug-likeness (QED) is 0.215. The Balaban J connectivity index is 1.50. The summed E-state index contributed by atoms with van der Waals surface area (Å²) in [7, 11) is 4.66. The zero-order valence-corrected chi connectivity index (χ0v) is 27.4. The summed E-state index contributed by atoms with van der Waals surface area (Å²) in [6, 6.07) is 13.3. The van der Waals surface area contributed by atoms with Crippen LogP contribution >= 0.6 is 0 Å². The van der Waals surface area contributed by atoms with Crippen molar-refractivity contribution in [2.24, 2.45) is 5.92 Å². The number of ether oxygens (including phenoxy) is 3. The number of hydrogen-bond acceptors (Lipinski definition) is 9. The topological polar surface area (TPSA) is 146 Å². The third kappa shape index (κ3) is 7.21. The SMILES string of the molecule is COc1cc2c(c(OC)c1OC)-c1ccc(N[C@H](C(=O)Nc3ccc(Cn4cncn4)cc3)C(C)C)c(=O)cc1[C@@H](NC(C)=O)CC2. The summed E-state index contributed by atoms with van der Waals surface area (Å²) < 4.78 is 18.9. The number of anilines is 2. The molecule has 1 aromatic heterocycles. The molecule has 0 aliphatic heterocycles. The number of nitrogens with one attached hydrogen (secondary N) is 3. The van der Waals surface area contributed by atoms with Crippen molar-refractivity contribution in [1.29, 1.82) is 0 Å². The van der Waals surface area contributed by atoms with Gasteiger partial charge >= 0.3 is 0 Å². The summed E-state index contributed by atoms with van der Waals surface area (Å²) in [6.45, 7) is 5.84.